The molecule has 0 aliphatic carbocycles. The Bertz CT molecular complexity index is 1000. The van der Waals surface area contributed by atoms with E-state index < -0.39 is 0 Å². The van der Waals surface area contributed by atoms with Gasteiger partial charge in [0.05, 0.1) is 11.4 Å². The summed E-state index contributed by atoms with van der Waals surface area (Å²) in [6, 6.07) is 24.5. The van der Waals surface area contributed by atoms with E-state index in [0.717, 1.165) is 43.7 Å². The van der Waals surface area contributed by atoms with E-state index in [0.29, 0.717) is 11.5 Å². The van der Waals surface area contributed by atoms with Crippen LogP contribution in [0.1, 0.15) is 29.5 Å². The Labute approximate surface area is 177 Å². The first kappa shape index (κ1) is 20.2. The molecule has 0 spiro atoms. The van der Waals surface area contributed by atoms with Gasteiger partial charge in [-0.3, -0.25) is 15.3 Å². The molecule has 3 aromatic carbocycles. The quantitative estimate of drug-likeness (QED) is 0.518. The predicted octanol–water partition coefficient (Wildman–Crippen LogP) is 5.86. The minimum atomic E-state index is -0.356. The van der Waals surface area contributed by atoms with E-state index in [1.807, 2.05) is 54.6 Å². The monoisotopic (exact) mass is 399 g/mol. The molecule has 0 saturated carbocycles. The highest BCUT2D eigenvalue weighted by Crippen LogP contribution is 2.20. The van der Waals surface area contributed by atoms with E-state index in [-0.39, 0.29) is 11.5 Å². The van der Waals surface area contributed by atoms with Crippen molar-refractivity contribution < 1.29 is 4.39 Å². The van der Waals surface area contributed by atoms with Crippen LogP contribution in [0.4, 0.5) is 10.1 Å². The van der Waals surface area contributed by atoms with Crippen molar-refractivity contribution in [2.24, 2.45) is 10.9 Å². The van der Waals surface area contributed by atoms with E-state index in [4.69, 9.17) is 5.41 Å². The number of para-hydroxylation sites is 1. The minimum absolute atomic E-state index is 0.221. The van der Waals surface area contributed by atoms with Gasteiger partial charge in [0, 0.05) is 23.9 Å². The number of aliphatic imine (C=N–C) groups is 1. The second-order valence-corrected chi connectivity index (χ2v) is 7.78. The number of likely N-dealkylation sites (tertiary alicyclic amines) is 1. The summed E-state index contributed by atoms with van der Waals surface area (Å²) in [7, 11) is 0. The van der Waals surface area contributed by atoms with Crippen molar-refractivity contribution in [3.8, 4) is 0 Å². The predicted molar refractivity (Wildman–Crippen MR) is 121 cm³/mol. The molecule has 0 unspecified atom stereocenters. The Kier molecular flexibility index (Phi) is 6.45. The van der Waals surface area contributed by atoms with Crippen molar-refractivity contribution in [3.63, 3.8) is 0 Å². The number of halogens is 1. The topological polar surface area (TPSA) is 39.5 Å². The highest BCUT2D eigenvalue weighted by atomic mass is 19.1. The molecule has 0 aromatic heterocycles. The van der Waals surface area contributed by atoms with Crippen molar-refractivity contribution in [3.05, 3.63) is 101 Å². The maximum absolute atomic E-state index is 13.9. The summed E-state index contributed by atoms with van der Waals surface area (Å²) in [5.74, 6) is 0.176. The number of rotatable bonds is 6. The molecule has 1 fully saturated rings. The highest BCUT2D eigenvalue weighted by molar-refractivity contribution is 6.10. The van der Waals surface area contributed by atoms with Crippen molar-refractivity contribution in [1.29, 1.82) is 5.41 Å². The largest absolute Gasteiger partial charge is 0.300 e. The molecular formula is C26H26FN3. The Balaban J connectivity index is 1.30. The van der Waals surface area contributed by atoms with Gasteiger partial charge in [-0.1, -0.05) is 54.6 Å². The average Bonchev–Trinajstić information content (AvgIpc) is 2.80. The average molecular weight is 400 g/mol. The highest BCUT2D eigenvalue weighted by Gasteiger charge is 2.18. The van der Waals surface area contributed by atoms with E-state index in [1.54, 1.807) is 18.2 Å². The smallest absolute Gasteiger partial charge is 0.132 e. The molecule has 0 atom stereocenters. The standard InChI is InChI=1S/C26H26FN3/c27-25-9-5-4-8-24(25)26(28)22-12-10-21(11-13-22)19-30-16-14-20(15-17-30)18-29-23-6-2-1-3-7-23/h1-13,18,20,28H,14-17,19H2. The van der Waals surface area contributed by atoms with Gasteiger partial charge in [-0.25, -0.2) is 4.39 Å². The number of hydrogen-bond donors (Lipinski definition) is 1. The minimum Gasteiger partial charge on any atom is -0.300 e. The fourth-order valence-corrected chi connectivity index (χ4v) is 3.82. The van der Waals surface area contributed by atoms with Crippen LogP contribution in [0.5, 0.6) is 0 Å². The fourth-order valence-electron chi connectivity index (χ4n) is 3.82. The van der Waals surface area contributed by atoms with Crippen LogP contribution in [0.25, 0.3) is 0 Å². The molecule has 1 heterocycles. The summed E-state index contributed by atoms with van der Waals surface area (Å²) in [6.45, 7) is 3.01. The third-order valence-electron chi connectivity index (χ3n) is 5.61. The van der Waals surface area contributed by atoms with Gasteiger partial charge in [0.1, 0.15) is 5.82 Å². The van der Waals surface area contributed by atoms with E-state index in [1.165, 1.54) is 11.6 Å². The van der Waals surface area contributed by atoms with Crippen LogP contribution in [-0.4, -0.2) is 29.9 Å². The molecule has 4 rings (SSSR count). The van der Waals surface area contributed by atoms with Gasteiger partial charge < -0.3 is 0 Å². The van der Waals surface area contributed by atoms with Crippen molar-refractivity contribution in [2.75, 3.05) is 13.1 Å². The molecule has 0 radical (unpaired) electrons. The molecule has 30 heavy (non-hydrogen) atoms. The second-order valence-electron chi connectivity index (χ2n) is 7.78. The number of nitrogens with one attached hydrogen (secondary N) is 1. The van der Waals surface area contributed by atoms with Crippen LogP contribution in [0.3, 0.4) is 0 Å². The molecule has 4 heteroatoms. The molecule has 1 aliphatic rings. The lowest BCUT2D eigenvalue weighted by Gasteiger charge is -2.30. The van der Waals surface area contributed by atoms with Gasteiger partial charge in [-0.05, 0) is 61.7 Å². The summed E-state index contributed by atoms with van der Waals surface area (Å²) < 4.78 is 13.9. The second kappa shape index (κ2) is 9.59. The lowest BCUT2D eigenvalue weighted by molar-refractivity contribution is 0.203. The van der Waals surface area contributed by atoms with E-state index in [2.05, 4.69) is 16.1 Å². The summed E-state index contributed by atoms with van der Waals surface area (Å²) in [5, 5.41) is 8.30. The van der Waals surface area contributed by atoms with Gasteiger partial charge in [0.15, 0.2) is 0 Å². The van der Waals surface area contributed by atoms with Crippen LogP contribution < -0.4 is 0 Å². The number of hydrogen-bond acceptors (Lipinski definition) is 3. The molecular weight excluding hydrogens is 373 g/mol. The SMILES string of the molecule is N=C(c1ccc(CN2CCC(C=Nc3ccccc3)CC2)cc1)c1ccccc1F. The first-order chi connectivity index (χ1) is 14.7. The number of piperidine rings is 1. The van der Waals surface area contributed by atoms with E-state index >= 15 is 0 Å². The normalized spacial score (nSPS) is 15.5. The Morgan fingerprint density at radius 3 is 2.30 bits per heavy atom. The van der Waals surface area contributed by atoms with Gasteiger partial charge in [0.25, 0.3) is 0 Å². The molecule has 152 valence electrons. The fraction of sp³-hybridized carbons (Fsp3) is 0.231. The maximum Gasteiger partial charge on any atom is 0.132 e. The molecule has 1 aliphatic heterocycles. The summed E-state index contributed by atoms with van der Waals surface area (Å²) in [5.41, 5.74) is 3.53. The van der Waals surface area contributed by atoms with Crippen LogP contribution in [0, 0.1) is 17.1 Å². The molecule has 0 amide bonds. The molecule has 1 saturated heterocycles. The summed E-state index contributed by atoms with van der Waals surface area (Å²) in [4.78, 5) is 7.07. The zero-order valence-corrected chi connectivity index (χ0v) is 17.0. The lowest BCUT2D eigenvalue weighted by atomic mass is 9.97. The number of benzene rings is 3. The Hall–Kier alpha value is -3.11. The maximum atomic E-state index is 13.9. The van der Waals surface area contributed by atoms with Crippen molar-refractivity contribution in [1.82, 2.24) is 4.90 Å². The third kappa shape index (κ3) is 5.08. The third-order valence-corrected chi connectivity index (χ3v) is 5.61. The van der Waals surface area contributed by atoms with Crippen molar-refractivity contribution >= 4 is 17.6 Å². The van der Waals surface area contributed by atoms with Gasteiger partial charge in [-0.2, -0.15) is 0 Å². The van der Waals surface area contributed by atoms with Crippen LogP contribution in [-0.2, 0) is 6.54 Å². The summed E-state index contributed by atoms with van der Waals surface area (Å²) >= 11 is 0. The van der Waals surface area contributed by atoms with E-state index in [9.17, 15) is 4.39 Å². The van der Waals surface area contributed by atoms with Crippen LogP contribution in [0.15, 0.2) is 83.9 Å². The summed E-state index contributed by atoms with van der Waals surface area (Å²) in [6.07, 6.45) is 4.34. The Morgan fingerprint density at radius 2 is 1.60 bits per heavy atom. The molecule has 0 bridgehead atoms. The zero-order chi connectivity index (χ0) is 20.8. The molecule has 3 aromatic rings. The molecule has 3 nitrogen and oxygen atoms in total. The first-order valence-corrected chi connectivity index (χ1v) is 10.4. The van der Waals surface area contributed by atoms with Crippen LogP contribution >= 0.6 is 0 Å². The zero-order valence-electron chi connectivity index (χ0n) is 17.0. The van der Waals surface area contributed by atoms with Crippen LogP contribution in [0.2, 0.25) is 0 Å². The molecule has 1 N–H and O–H groups in total. The first-order valence-electron chi connectivity index (χ1n) is 10.4. The number of nitrogens with zero attached hydrogens (tertiary/aromatic N) is 2. The van der Waals surface area contributed by atoms with Gasteiger partial charge in [-0.15, -0.1) is 0 Å². The Morgan fingerprint density at radius 1 is 0.933 bits per heavy atom. The van der Waals surface area contributed by atoms with Crippen molar-refractivity contribution in [2.45, 2.75) is 19.4 Å². The lowest BCUT2D eigenvalue weighted by Crippen LogP contribution is -2.33. The van der Waals surface area contributed by atoms with Gasteiger partial charge >= 0.3 is 0 Å². The van der Waals surface area contributed by atoms with Gasteiger partial charge in [0.2, 0.25) is 0 Å².